The third-order valence-electron chi connectivity index (χ3n) is 5.71. The zero-order chi connectivity index (χ0) is 9.05. The summed E-state index contributed by atoms with van der Waals surface area (Å²) in [4.78, 5) is 0. The second-order valence-electron chi connectivity index (χ2n) is 6.29. The maximum atomic E-state index is 2.58. The van der Waals surface area contributed by atoms with E-state index in [-0.39, 0.29) is 0 Å². The van der Waals surface area contributed by atoms with Gasteiger partial charge < -0.3 is 0 Å². The van der Waals surface area contributed by atoms with Crippen molar-refractivity contribution < 1.29 is 0 Å². The van der Waals surface area contributed by atoms with Crippen LogP contribution in [0.4, 0.5) is 0 Å². The lowest BCUT2D eigenvalue weighted by atomic mass is 9.47. The summed E-state index contributed by atoms with van der Waals surface area (Å²) in [5.74, 6) is 4.38. The first-order chi connectivity index (χ1) is 6.19. The molecule has 3 bridgehead atoms. The Hall–Kier alpha value is 0. The molecular weight excluding hydrogens is 156 g/mol. The molecule has 5 atom stereocenters. The minimum atomic E-state index is 0.757. The summed E-state index contributed by atoms with van der Waals surface area (Å²) in [6, 6.07) is 0. The van der Waals surface area contributed by atoms with Gasteiger partial charge in [0.1, 0.15) is 0 Å². The van der Waals surface area contributed by atoms with Crippen molar-refractivity contribution in [3.63, 3.8) is 0 Å². The van der Waals surface area contributed by atoms with Gasteiger partial charge >= 0.3 is 0 Å². The van der Waals surface area contributed by atoms with Gasteiger partial charge in [-0.15, -0.1) is 0 Å². The molecule has 3 aliphatic rings. The second-order valence-corrected chi connectivity index (χ2v) is 6.29. The Morgan fingerprint density at radius 2 is 1.85 bits per heavy atom. The molecule has 3 rings (SSSR count). The van der Waals surface area contributed by atoms with Crippen LogP contribution in [0.3, 0.4) is 0 Å². The molecule has 0 aromatic heterocycles. The summed E-state index contributed by atoms with van der Waals surface area (Å²) < 4.78 is 0. The van der Waals surface area contributed by atoms with Crippen molar-refractivity contribution in [3.8, 4) is 0 Å². The summed E-state index contributed by atoms with van der Waals surface area (Å²) in [5.41, 5.74) is 0.757. The van der Waals surface area contributed by atoms with Crippen LogP contribution in [0.25, 0.3) is 0 Å². The summed E-state index contributed by atoms with van der Waals surface area (Å²) >= 11 is 0. The molecule has 0 aliphatic heterocycles. The molecule has 0 aromatic rings. The minimum absolute atomic E-state index is 0.757. The van der Waals surface area contributed by atoms with Crippen LogP contribution in [0.2, 0.25) is 0 Å². The largest absolute Gasteiger partial charge is 0.0620 e. The van der Waals surface area contributed by atoms with Gasteiger partial charge in [0.15, 0.2) is 0 Å². The zero-order valence-corrected chi connectivity index (χ0v) is 9.05. The van der Waals surface area contributed by atoms with Crippen molar-refractivity contribution in [1.29, 1.82) is 0 Å². The van der Waals surface area contributed by atoms with Gasteiger partial charge in [-0.05, 0) is 67.6 Å². The Bertz CT molecular complexity index is 216. The van der Waals surface area contributed by atoms with Gasteiger partial charge in [-0.3, -0.25) is 0 Å². The predicted molar refractivity (Wildman–Crippen MR) is 55.4 cm³/mol. The molecule has 3 aliphatic carbocycles. The van der Waals surface area contributed by atoms with Crippen LogP contribution in [-0.4, -0.2) is 0 Å². The van der Waals surface area contributed by atoms with Crippen molar-refractivity contribution in [1.82, 2.24) is 0 Å². The standard InChI is InChI=1S/C13H22/c1-9-11-4-6-13(2)5-3-10(7-11)8-12(9)13/h9-12H,3-8H2,1-2H3. The molecule has 0 radical (unpaired) electrons. The first kappa shape index (κ1) is 8.32. The summed E-state index contributed by atoms with van der Waals surface area (Å²) in [6.45, 7) is 5.11. The van der Waals surface area contributed by atoms with Crippen LogP contribution in [0.1, 0.15) is 52.4 Å². The van der Waals surface area contributed by atoms with Crippen molar-refractivity contribution in [2.24, 2.45) is 29.1 Å². The molecule has 74 valence electrons. The van der Waals surface area contributed by atoms with Crippen LogP contribution in [0.15, 0.2) is 0 Å². The molecule has 3 saturated carbocycles. The third kappa shape index (κ3) is 1.04. The van der Waals surface area contributed by atoms with E-state index in [4.69, 9.17) is 0 Å². The number of rotatable bonds is 0. The molecule has 5 unspecified atom stereocenters. The smallest absolute Gasteiger partial charge is 0.0295 e. The second kappa shape index (κ2) is 2.52. The Balaban J connectivity index is 1.96. The molecule has 0 N–H and O–H groups in total. The highest BCUT2D eigenvalue weighted by Crippen LogP contribution is 2.60. The summed E-state index contributed by atoms with van der Waals surface area (Å²) in [7, 11) is 0. The monoisotopic (exact) mass is 178 g/mol. The van der Waals surface area contributed by atoms with Gasteiger partial charge in [-0.1, -0.05) is 13.8 Å². The molecule has 0 amide bonds. The Labute approximate surface area is 82.1 Å². The first-order valence-electron chi connectivity index (χ1n) is 6.19. The van der Waals surface area contributed by atoms with E-state index < -0.39 is 0 Å². The zero-order valence-electron chi connectivity index (χ0n) is 9.05. The van der Waals surface area contributed by atoms with E-state index in [1.165, 1.54) is 0 Å². The lowest BCUT2D eigenvalue weighted by Gasteiger charge is -2.58. The topological polar surface area (TPSA) is 0 Å². The van der Waals surface area contributed by atoms with E-state index in [0.29, 0.717) is 0 Å². The number of hydrogen-bond donors (Lipinski definition) is 0. The van der Waals surface area contributed by atoms with Gasteiger partial charge in [-0.2, -0.15) is 0 Å². The van der Waals surface area contributed by atoms with Crippen LogP contribution >= 0.6 is 0 Å². The lowest BCUT2D eigenvalue weighted by molar-refractivity contribution is -0.0774. The normalized spacial score (nSPS) is 59.5. The highest BCUT2D eigenvalue weighted by atomic mass is 14.6. The first-order valence-corrected chi connectivity index (χ1v) is 6.19. The van der Waals surface area contributed by atoms with Crippen LogP contribution in [0.5, 0.6) is 0 Å². The van der Waals surface area contributed by atoms with E-state index in [9.17, 15) is 0 Å². The maximum absolute atomic E-state index is 2.58. The van der Waals surface area contributed by atoms with E-state index in [1.807, 2.05) is 0 Å². The van der Waals surface area contributed by atoms with E-state index in [1.54, 1.807) is 38.5 Å². The Morgan fingerprint density at radius 3 is 2.69 bits per heavy atom. The van der Waals surface area contributed by atoms with Crippen molar-refractivity contribution in [3.05, 3.63) is 0 Å². The van der Waals surface area contributed by atoms with Crippen LogP contribution < -0.4 is 0 Å². The molecule has 0 heterocycles. The van der Waals surface area contributed by atoms with Crippen LogP contribution in [-0.2, 0) is 0 Å². The van der Waals surface area contributed by atoms with Gasteiger partial charge in [0, 0.05) is 0 Å². The number of fused-ring (bicyclic) bond motifs is 2. The summed E-state index contributed by atoms with van der Waals surface area (Å²) in [6.07, 6.45) is 9.33. The Morgan fingerprint density at radius 1 is 1.08 bits per heavy atom. The lowest BCUT2D eigenvalue weighted by Crippen LogP contribution is -2.48. The average Bonchev–Trinajstić information content (AvgIpc) is 2.09. The highest BCUT2D eigenvalue weighted by molar-refractivity contribution is 5.01. The van der Waals surface area contributed by atoms with E-state index in [0.717, 1.165) is 29.1 Å². The van der Waals surface area contributed by atoms with Gasteiger partial charge in [0.2, 0.25) is 0 Å². The molecule has 0 spiro atoms. The van der Waals surface area contributed by atoms with Crippen molar-refractivity contribution >= 4 is 0 Å². The fraction of sp³-hybridized carbons (Fsp3) is 1.00. The van der Waals surface area contributed by atoms with Gasteiger partial charge in [-0.25, -0.2) is 0 Å². The fourth-order valence-corrected chi connectivity index (χ4v) is 4.72. The molecule has 0 saturated heterocycles. The molecule has 13 heavy (non-hydrogen) atoms. The quantitative estimate of drug-likeness (QED) is 0.528. The molecular formula is C13H22. The highest BCUT2D eigenvalue weighted by Gasteiger charge is 2.51. The Kier molecular flexibility index (Phi) is 1.61. The fourth-order valence-electron chi connectivity index (χ4n) is 4.72. The van der Waals surface area contributed by atoms with Crippen LogP contribution in [0, 0.1) is 29.1 Å². The SMILES string of the molecule is CC1C2CCC3(C)CCC(C2)CC13. The van der Waals surface area contributed by atoms with E-state index >= 15 is 0 Å². The number of hydrogen-bond acceptors (Lipinski definition) is 0. The van der Waals surface area contributed by atoms with Gasteiger partial charge in [0.05, 0.1) is 0 Å². The van der Waals surface area contributed by atoms with Crippen molar-refractivity contribution in [2.45, 2.75) is 52.4 Å². The average molecular weight is 178 g/mol. The maximum Gasteiger partial charge on any atom is -0.0295 e. The molecule has 0 heteroatoms. The molecule has 3 fully saturated rings. The minimum Gasteiger partial charge on any atom is -0.0620 e. The predicted octanol–water partition coefficient (Wildman–Crippen LogP) is 3.86. The van der Waals surface area contributed by atoms with E-state index in [2.05, 4.69) is 13.8 Å². The third-order valence-corrected chi connectivity index (χ3v) is 5.71. The van der Waals surface area contributed by atoms with Gasteiger partial charge in [0.25, 0.3) is 0 Å². The van der Waals surface area contributed by atoms with Crippen molar-refractivity contribution in [2.75, 3.05) is 0 Å². The molecule has 0 aromatic carbocycles. The molecule has 0 nitrogen and oxygen atoms in total. The summed E-state index contributed by atoms with van der Waals surface area (Å²) in [5, 5.41) is 0.